The van der Waals surface area contributed by atoms with Gasteiger partial charge in [0.1, 0.15) is 5.75 Å². The molecule has 0 amide bonds. The Balaban J connectivity index is 2.01. The van der Waals surface area contributed by atoms with Crippen molar-refractivity contribution in [2.45, 2.75) is 26.2 Å². The van der Waals surface area contributed by atoms with Gasteiger partial charge >= 0.3 is 5.97 Å². The van der Waals surface area contributed by atoms with E-state index in [4.69, 9.17) is 32.7 Å². The minimum Gasteiger partial charge on any atom is -0.479 e. The molecule has 3 nitrogen and oxygen atoms in total. The lowest BCUT2D eigenvalue weighted by atomic mass is 9.99. The van der Waals surface area contributed by atoms with Gasteiger partial charge in [0, 0.05) is 5.02 Å². The molecule has 0 heterocycles. The Morgan fingerprint density at radius 1 is 1.16 bits per heavy atom. The Morgan fingerprint density at radius 3 is 2.48 bits per heavy atom. The van der Waals surface area contributed by atoms with Gasteiger partial charge in [0.15, 0.2) is 12.4 Å². The number of rotatable bonds is 6. The summed E-state index contributed by atoms with van der Waals surface area (Å²) in [5.41, 5.74) is 1.18. The minimum absolute atomic E-state index is 0.278. The first-order valence-corrected chi connectivity index (χ1v) is 9.93. The van der Waals surface area contributed by atoms with Crippen molar-refractivity contribution in [3.63, 3.8) is 0 Å². The van der Waals surface area contributed by atoms with E-state index in [0.717, 1.165) is 10.9 Å². The Kier molecular flexibility index (Phi) is 7.62. The van der Waals surface area contributed by atoms with E-state index in [0.29, 0.717) is 31.9 Å². The molecule has 2 aromatic rings. The zero-order chi connectivity index (χ0) is 18.6. The first kappa shape index (κ1) is 20.6. The number of halogens is 4. The molecule has 0 saturated heterocycles. The lowest BCUT2D eigenvalue weighted by Gasteiger charge is -2.13. The molecular weight excluding hydrogens is 495 g/mol. The van der Waals surface area contributed by atoms with Gasteiger partial charge in [-0.2, -0.15) is 0 Å². The van der Waals surface area contributed by atoms with Gasteiger partial charge in [-0.15, -0.1) is 0 Å². The summed E-state index contributed by atoms with van der Waals surface area (Å²) in [7, 11) is 0. The van der Waals surface area contributed by atoms with Crippen molar-refractivity contribution in [2.75, 3.05) is 6.61 Å². The molecule has 0 fully saturated rings. The van der Waals surface area contributed by atoms with Crippen molar-refractivity contribution in [2.24, 2.45) is 0 Å². The van der Waals surface area contributed by atoms with Gasteiger partial charge in [0.2, 0.25) is 0 Å². The molecule has 25 heavy (non-hydrogen) atoms. The van der Waals surface area contributed by atoms with Crippen LogP contribution in [0.3, 0.4) is 0 Å². The summed E-state index contributed by atoms with van der Waals surface area (Å²) in [5, 5.41) is 0.781. The van der Waals surface area contributed by atoms with Crippen LogP contribution in [-0.4, -0.2) is 12.6 Å². The van der Waals surface area contributed by atoms with Crippen LogP contribution in [0.5, 0.6) is 11.5 Å². The third-order valence-corrected chi connectivity index (χ3v) is 5.37. The zero-order valence-corrected chi connectivity index (χ0v) is 18.3. The average Bonchev–Trinajstić information content (AvgIpc) is 2.55. The zero-order valence-electron chi connectivity index (χ0n) is 13.6. The van der Waals surface area contributed by atoms with Crippen LogP contribution in [0.2, 0.25) is 10.0 Å². The first-order chi connectivity index (χ1) is 11.8. The van der Waals surface area contributed by atoms with E-state index < -0.39 is 5.97 Å². The summed E-state index contributed by atoms with van der Waals surface area (Å²) in [6.45, 7) is 4.00. The number of hydrogen-bond donors (Lipinski definition) is 0. The number of carbonyl (C=O) groups is 1. The SMILES string of the molecule is CCC(C)c1ccc(OC(=O)COc2c(Cl)cc(Cl)cc2Br)c(Br)c1. The number of hydrogen-bond acceptors (Lipinski definition) is 3. The Labute approximate surface area is 173 Å². The van der Waals surface area contributed by atoms with Gasteiger partial charge in [0.05, 0.1) is 14.0 Å². The number of benzene rings is 2. The molecule has 0 bridgehead atoms. The molecule has 0 aromatic heterocycles. The van der Waals surface area contributed by atoms with E-state index in [1.165, 1.54) is 5.56 Å². The Bertz CT molecular complexity index is 758. The lowest BCUT2D eigenvalue weighted by molar-refractivity contribution is -0.136. The first-order valence-electron chi connectivity index (χ1n) is 7.59. The summed E-state index contributed by atoms with van der Waals surface area (Å²) < 4.78 is 12.1. The van der Waals surface area contributed by atoms with E-state index >= 15 is 0 Å². The van der Waals surface area contributed by atoms with Crippen LogP contribution in [-0.2, 0) is 4.79 Å². The predicted octanol–water partition coefficient (Wildman–Crippen LogP) is 7.02. The summed E-state index contributed by atoms with van der Waals surface area (Å²) in [4.78, 5) is 12.0. The van der Waals surface area contributed by atoms with E-state index in [1.54, 1.807) is 18.2 Å². The van der Waals surface area contributed by atoms with Crippen molar-refractivity contribution in [3.05, 3.63) is 54.9 Å². The number of esters is 1. The van der Waals surface area contributed by atoms with Crippen LogP contribution in [0.1, 0.15) is 31.7 Å². The van der Waals surface area contributed by atoms with E-state index in [1.807, 2.05) is 12.1 Å². The third kappa shape index (κ3) is 5.61. The highest BCUT2D eigenvalue weighted by Gasteiger charge is 2.14. The second-order valence-corrected chi connectivity index (χ2v) is 8.01. The maximum Gasteiger partial charge on any atom is 0.349 e. The molecule has 0 aliphatic heterocycles. The molecular formula is C18H16Br2Cl2O3. The molecule has 0 aliphatic rings. The molecule has 1 unspecified atom stereocenters. The maximum atomic E-state index is 12.0. The van der Waals surface area contributed by atoms with Crippen LogP contribution in [0.25, 0.3) is 0 Å². The second kappa shape index (κ2) is 9.26. The summed E-state index contributed by atoms with van der Waals surface area (Å²) in [5.74, 6) is 0.694. The fourth-order valence-electron chi connectivity index (χ4n) is 2.09. The minimum atomic E-state index is -0.532. The van der Waals surface area contributed by atoms with E-state index in [2.05, 4.69) is 45.7 Å². The summed E-state index contributed by atoms with van der Waals surface area (Å²) >= 11 is 18.7. The summed E-state index contributed by atoms with van der Waals surface area (Å²) in [6.07, 6.45) is 1.04. The maximum absolute atomic E-state index is 12.0. The van der Waals surface area contributed by atoms with Gasteiger partial charge < -0.3 is 9.47 Å². The molecule has 2 rings (SSSR count). The highest BCUT2D eigenvalue weighted by atomic mass is 79.9. The molecule has 7 heteroatoms. The third-order valence-electron chi connectivity index (χ3n) is 3.66. The van der Waals surface area contributed by atoms with Crippen molar-refractivity contribution in [3.8, 4) is 11.5 Å². The van der Waals surface area contributed by atoms with Gasteiger partial charge in [-0.25, -0.2) is 4.79 Å². The molecule has 0 aliphatic carbocycles. The molecule has 1 atom stereocenters. The lowest BCUT2D eigenvalue weighted by Crippen LogP contribution is -2.18. The van der Waals surface area contributed by atoms with E-state index in [9.17, 15) is 4.79 Å². The quantitative estimate of drug-likeness (QED) is 0.309. The molecule has 0 radical (unpaired) electrons. The second-order valence-electron chi connectivity index (χ2n) is 5.46. The van der Waals surface area contributed by atoms with Crippen molar-refractivity contribution in [1.29, 1.82) is 0 Å². The van der Waals surface area contributed by atoms with Crippen LogP contribution in [0.4, 0.5) is 0 Å². The molecule has 134 valence electrons. The highest BCUT2D eigenvalue weighted by molar-refractivity contribution is 9.10. The normalized spacial score (nSPS) is 11.9. The van der Waals surface area contributed by atoms with Crippen molar-refractivity contribution in [1.82, 2.24) is 0 Å². The largest absolute Gasteiger partial charge is 0.479 e. The average molecular weight is 511 g/mol. The van der Waals surface area contributed by atoms with Crippen molar-refractivity contribution >= 4 is 61.0 Å². The number of carbonyl (C=O) groups excluding carboxylic acids is 1. The van der Waals surface area contributed by atoms with Gasteiger partial charge in [-0.1, -0.05) is 43.1 Å². The van der Waals surface area contributed by atoms with Crippen LogP contribution >= 0.6 is 55.1 Å². The smallest absolute Gasteiger partial charge is 0.349 e. The van der Waals surface area contributed by atoms with Crippen molar-refractivity contribution < 1.29 is 14.3 Å². The Morgan fingerprint density at radius 2 is 1.88 bits per heavy atom. The van der Waals surface area contributed by atoms with Gasteiger partial charge in [0.25, 0.3) is 0 Å². The standard InChI is InChI=1S/C18H16Br2Cl2O3/c1-3-10(2)11-4-5-16(13(19)6-11)25-17(23)9-24-18-14(20)7-12(21)8-15(18)22/h4-8,10H,3,9H2,1-2H3. The number of ether oxygens (including phenoxy) is 2. The summed E-state index contributed by atoms with van der Waals surface area (Å²) in [6, 6.07) is 8.87. The van der Waals surface area contributed by atoms with Gasteiger partial charge in [-0.05, 0) is 74.0 Å². The van der Waals surface area contributed by atoms with Crippen LogP contribution < -0.4 is 9.47 Å². The van der Waals surface area contributed by atoms with E-state index in [-0.39, 0.29) is 6.61 Å². The molecule has 0 saturated carbocycles. The highest BCUT2D eigenvalue weighted by Crippen LogP contribution is 2.36. The molecule has 0 spiro atoms. The van der Waals surface area contributed by atoms with Crippen LogP contribution in [0, 0.1) is 0 Å². The predicted molar refractivity (Wildman–Crippen MR) is 108 cm³/mol. The fraction of sp³-hybridized carbons (Fsp3) is 0.278. The molecule has 2 aromatic carbocycles. The topological polar surface area (TPSA) is 35.5 Å². The van der Waals surface area contributed by atoms with Crippen LogP contribution in [0.15, 0.2) is 39.3 Å². The monoisotopic (exact) mass is 508 g/mol. The molecule has 0 N–H and O–H groups in total. The Hall–Kier alpha value is -0.750. The fourth-order valence-corrected chi connectivity index (χ4v) is 3.94. The van der Waals surface area contributed by atoms with Gasteiger partial charge in [-0.3, -0.25) is 0 Å².